The molecule has 2 amide bonds. The lowest BCUT2D eigenvalue weighted by Gasteiger charge is -2.18. The minimum Gasteiger partial charge on any atom is -0.481 e. The number of carbonyl (C=O) groups excluding carboxylic acids is 2. The van der Waals surface area contributed by atoms with Crippen LogP contribution in [-0.4, -0.2) is 17.9 Å². The molecule has 0 aromatic heterocycles. The van der Waals surface area contributed by atoms with Crippen molar-refractivity contribution in [1.82, 2.24) is 0 Å². The van der Waals surface area contributed by atoms with Crippen molar-refractivity contribution in [3.8, 4) is 5.75 Å². The summed E-state index contributed by atoms with van der Waals surface area (Å²) in [5.41, 5.74) is 4.44. The van der Waals surface area contributed by atoms with Gasteiger partial charge >= 0.3 is 0 Å². The van der Waals surface area contributed by atoms with Crippen molar-refractivity contribution in [2.24, 2.45) is 0 Å². The second kappa shape index (κ2) is 11.7. The highest BCUT2D eigenvalue weighted by atomic mass is 16.5. The Hall–Kier alpha value is -4.58. The van der Waals surface area contributed by atoms with Gasteiger partial charge in [0.1, 0.15) is 5.75 Å². The monoisotopic (exact) mass is 479 g/mol. The van der Waals surface area contributed by atoms with Crippen LogP contribution >= 0.6 is 0 Å². The van der Waals surface area contributed by atoms with Gasteiger partial charge in [0.15, 0.2) is 6.10 Å². The molecule has 0 saturated heterocycles. The van der Waals surface area contributed by atoms with E-state index in [0.29, 0.717) is 29.1 Å². The Labute approximate surface area is 211 Å². The SMILES string of the molecule is CC[C@H](Oc1ccc(C)cc1)C(=O)Nc1ccccc1C(=O)Nc1ccc(Nc2ccccc2)cc1. The summed E-state index contributed by atoms with van der Waals surface area (Å²) in [5, 5.41) is 9.07. The van der Waals surface area contributed by atoms with Gasteiger partial charge in [-0.2, -0.15) is 0 Å². The number of aryl methyl sites for hydroxylation is 1. The first kappa shape index (κ1) is 24.5. The van der Waals surface area contributed by atoms with E-state index in [0.717, 1.165) is 16.9 Å². The molecule has 0 fully saturated rings. The van der Waals surface area contributed by atoms with E-state index in [1.54, 1.807) is 24.3 Å². The highest BCUT2D eigenvalue weighted by Crippen LogP contribution is 2.22. The lowest BCUT2D eigenvalue weighted by Crippen LogP contribution is -2.33. The molecule has 182 valence electrons. The predicted molar refractivity (Wildman–Crippen MR) is 145 cm³/mol. The van der Waals surface area contributed by atoms with Crippen molar-refractivity contribution in [3.63, 3.8) is 0 Å². The Morgan fingerprint density at radius 2 is 1.33 bits per heavy atom. The summed E-state index contributed by atoms with van der Waals surface area (Å²) in [6.07, 6.45) is -0.203. The maximum atomic E-state index is 13.0. The van der Waals surface area contributed by atoms with Crippen LogP contribution < -0.4 is 20.7 Å². The van der Waals surface area contributed by atoms with Gasteiger partial charge in [0, 0.05) is 17.1 Å². The number of anilines is 4. The Balaban J connectivity index is 1.41. The van der Waals surface area contributed by atoms with Gasteiger partial charge in [0.25, 0.3) is 11.8 Å². The van der Waals surface area contributed by atoms with Crippen molar-refractivity contribution in [1.29, 1.82) is 0 Å². The van der Waals surface area contributed by atoms with Gasteiger partial charge in [-0.15, -0.1) is 0 Å². The number of benzene rings is 4. The molecular formula is C30H29N3O3. The van der Waals surface area contributed by atoms with Gasteiger partial charge < -0.3 is 20.7 Å². The van der Waals surface area contributed by atoms with Crippen LogP contribution in [0.5, 0.6) is 5.75 Å². The molecule has 0 heterocycles. The molecule has 0 unspecified atom stereocenters. The minimum absolute atomic E-state index is 0.310. The highest BCUT2D eigenvalue weighted by molar-refractivity contribution is 6.10. The van der Waals surface area contributed by atoms with Crippen molar-refractivity contribution >= 4 is 34.6 Å². The number of amides is 2. The second-order valence-corrected chi connectivity index (χ2v) is 8.39. The van der Waals surface area contributed by atoms with Gasteiger partial charge in [-0.3, -0.25) is 9.59 Å². The molecule has 6 nitrogen and oxygen atoms in total. The highest BCUT2D eigenvalue weighted by Gasteiger charge is 2.21. The van der Waals surface area contributed by atoms with Gasteiger partial charge in [0.05, 0.1) is 11.3 Å². The molecule has 4 rings (SSSR count). The van der Waals surface area contributed by atoms with E-state index in [2.05, 4.69) is 16.0 Å². The third-order valence-corrected chi connectivity index (χ3v) is 5.60. The standard InChI is InChI=1S/C30H29N3O3/c1-3-28(36-25-19-13-21(2)14-20-25)30(35)33-27-12-8-7-11-26(27)29(34)32-24-17-15-23(16-18-24)31-22-9-5-4-6-10-22/h4-20,28,31H,3H2,1-2H3,(H,32,34)(H,33,35)/t28-/m0/s1. The van der Waals surface area contributed by atoms with Crippen LogP contribution in [0, 0.1) is 6.92 Å². The maximum absolute atomic E-state index is 13.0. The second-order valence-electron chi connectivity index (χ2n) is 8.39. The molecule has 0 radical (unpaired) electrons. The zero-order chi connectivity index (χ0) is 25.3. The first-order chi connectivity index (χ1) is 17.5. The zero-order valence-electron chi connectivity index (χ0n) is 20.3. The number of ether oxygens (including phenoxy) is 1. The number of carbonyl (C=O) groups is 2. The predicted octanol–water partition coefficient (Wildman–Crippen LogP) is 6.79. The molecular weight excluding hydrogens is 450 g/mol. The molecule has 0 aliphatic rings. The quantitative estimate of drug-likeness (QED) is 0.247. The average Bonchev–Trinajstić information content (AvgIpc) is 2.90. The van der Waals surface area contributed by atoms with Crippen LogP contribution in [0.4, 0.5) is 22.7 Å². The summed E-state index contributed by atoms with van der Waals surface area (Å²) in [6.45, 7) is 3.87. The number of hydrogen-bond donors (Lipinski definition) is 3. The van der Waals surface area contributed by atoms with Crippen molar-refractivity contribution in [3.05, 3.63) is 114 Å². The van der Waals surface area contributed by atoms with E-state index in [1.165, 1.54) is 0 Å². The van der Waals surface area contributed by atoms with Crippen LogP contribution in [0.15, 0.2) is 103 Å². The Bertz CT molecular complexity index is 1300. The fraction of sp³-hybridized carbons (Fsp3) is 0.133. The summed E-state index contributed by atoms with van der Waals surface area (Å²) < 4.78 is 5.88. The Morgan fingerprint density at radius 3 is 2.03 bits per heavy atom. The van der Waals surface area contributed by atoms with Gasteiger partial charge in [-0.25, -0.2) is 0 Å². The largest absolute Gasteiger partial charge is 0.481 e. The fourth-order valence-electron chi connectivity index (χ4n) is 3.63. The molecule has 6 heteroatoms. The fourth-order valence-corrected chi connectivity index (χ4v) is 3.63. The molecule has 1 atom stereocenters. The molecule has 4 aromatic rings. The van der Waals surface area contributed by atoms with Crippen LogP contribution in [0.1, 0.15) is 29.3 Å². The number of rotatable bonds is 9. The third kappa shape index (κ3) is 6.51. The molecule has 0 bridgehead atoms. The van der Waals surface area contributed by atoms with Crippen LogP contribution in [0.2, 0.25) is 0 Å². The topological polar surface area (TPSA) is 79.5 Å². The normalized spacial score (nSPS) is 11.3. The van der Waals surface area contributed by atoms with Crippen LogP contribution in [-0.2, 0) is 4.79 Å². The van der Waals surface area contributed by atoms with Gasteiger partial charge in [-0.1, -0.05) is 55.0 Å². The number of hydrogen-bond acceptors (Lipinski definition) is 4. The maximum Gasteiger partial charge on any atom is 0.265 e. The minimum atomic E-state index is -0.687. The zero-order valence-corrected chi connectivity index (χ0v) is 20.3. The van der Waals surface area contributed by atoms with Gasteiger partial charge in [0.2, 0.25) is 0 Å². The average molecular weight is 480 g/mol. The van der Waals surface area contributed by atoms with E-state index in [4.69, 9.17) is 4.74 Å². The molecule has 0 saturated carbocycles. The van der Waals surface area contributed by atoms with E-state index >= 15 is 0 Å². The van der Waals surface area contributed by atoms with Crippen LogP contribution in [0.25, 0.3) is 0 Å². The third-order valence-electron chi connectivity index (χ3n) is 5.60. The molecule has 0 aliphatic carbocycles. The summed E-state index contributed by atoms with van der Waals surface area (Å²) in [7, 11) is 0. The van der Waals surface area contributed by atoms with Crippen molar-refractivity contribution in [2.75, 3.05) is 16.0 Å². The van der Waals surface area contributed by atoms with Crippen LogP contribution in [0.3, 0.4) is 0 Å². The van der Waals surface area contributed by atoms with Gasteiger partial charge in [-0.05, 0) is 74.0 Å². The van der Waals surface area contributed by atoms with E-state index in [9.17, 15) is 9.59 Å². The lowest BCUT2D eigenvalue weighted by molar-refractivity contribution is -0.122. The molecule has 36 heavy (non-hydrogen) atoms. The molecule has 0 spiro atoms. The first-order valence-electron chi connectivity index (χ1n) is 11.9. The van der Waals surface area contributed by atoms with E-state index < -0.39 is 6.10 Å². The summed E-state index contributed by atoms with van der Waals surface area (Å²) in [4.78, 5) is 26.0. The Kier molecular flexibility index (Phi) is 7.98. The summed E-state index contributed by atoms with van der Waals surface area (Å²) >= 11 is 0. The van der Waals surface area contributed by atoms with E-state index in [1.807, 2.05) is 92.7 Å². The molecule has 0 aliphatic heterocycles. The van der Waals surface area contributed by atoms with Crippen molar-refractivity contribution in [2.45, 2.75) is 26.4 Å². The Morgan fingerprint density at radius 1 is 0.722 bits per heavy atom. The molecule has 4 aromatic carbocycles. The summed E-state index contributed by atoms with van der Waals surface area (Å²) in [5.74, 6) is -0.00402. The number of nitrogens with one attached hydrogen (secondary N) is 3. The summed E-state index contributed by atoms with van der Waals surface area (Å²) in [6, 6.07) is 31.8. The lowest BCUT2D eigenvalue weighted by atomic mass is 10.1. The molecule has 3 N–H and O–H groups in total. The van der Waals surface area contributed by atoms with Crippen molar-refractivity contribution < 1.29 is 14.3 Å². The number of para-hydroxylation sites is 2. The van der Waals surface area contributed by atoms with E-state index in [-0.39, 0.29) is 11.8 Å². The smallest absolute Gasteiger partial charge is 0.265 e. The first-order valence-corrected chi connectivity index (χ1v) is 11.9.